The molecule has 168 valence electrons. The number of methoxy groups -OCH3 is 2. The monoisotopic (exact) mass is 461 g/mol. The predicted molar refractivity (Wildman–Crippen MR) is 128 cm³/mol. The van der Waals surface area contributed by atoms with Crippen LogP contribution in [0.5, 0.6) is 11.5 Å². The number of aliphatic carboxylic acids is 1. The molecule has 4 aromatic rings. The second-order valence-electron chi connectivity index (χ2n) is 7.14. The first-order valence-corrected chi connectivity index (χ1v) is 11.2. The van der Waals surface area contributed by atoms with Gasteiger partial charge >= 0.3 is 5.97 Å². The molecule has 0 fully saturated rings. The van der Waals surface area contributed by atoms with Crippen molar-refractivity contribution < 1.29 is 19.4 Å². The van der Waals surface area contributed by atoms with Gasteiger partial charge in [0.2, 0.25) is 0 Å². The molecule has 0 saturated heterocycles. The first-order valence-electron chi connectivity index (χ1n) is 10.2. The van der Waals surface area contributed by atoms with Crippen molar-refractivity contribution in [3.63, 3.8) is 0 Å². The Labute approximate surface area is 196 Å². The lowest BCUT2D eigenvalue weighted by atomic mass is 10.0. The minimum atomic E-state index is -0.942. The summed E-state index contributed by atoms with van der Waals surface area (Å²) in [6.45, 7) is -0.213. The van der Waals surface area contributed by atoms with E-state index in [1.807, 2.05) is 66.7 Å². The molecule has 0 amide bonds. The molecule has 8 heteroatoms. The molecule has 0 aliphatic carbocycles. The van der Waals surface area contributed by atoms with Gasteiger partial charge in [-0.3, -0.25) is 9.78 Å². The molecule has 2 aromatic carbocycles. The van der Waals surface area contributed by atoms with Crippen molar-refractivity contribution in [3.8, 4) is 34.0 Å². The fourth-order valence-corrected chi connectivity index (χ4v) is 4.35. The Hall–Kier alpha value is -3.78. The van der Waals surface area contributed by atoms with Gasteiger partial charge in [-0.1, -0.05) is 17.8 Å². The summed E-state index contributed by atoms with van der Waals surface area (Å²) in [4.78, 5) is 21.1. The van der Waals surface area contributed by atoms with Crippen LogP contribution >= 0.6 is 11.8 Å². The quantitative estimate of drug-likeness (QED) is 0.351. The summed E-state index contributed by atoms with van der Waals surface area (Å²) in [5.41, 5.74) is 4.04. The maximum atomic E-state index is 11.8. The molecule has 0 radical (unpaired) electrons. The highest BCUT2D eigenvalue weighted by atomic mass is 32.2. The summed E-state index contributed by atoms with van der Waals surface area (Å²) >= 11 is 1.46. The van der Waals surface area contributed by atoms with Crippen LogP contribution in [0, 0.1) is 0 Å². The number of aromatic nitrogens is 3. The Morgan fingerprint density at radius 1 is 0.939 bits per heavy atom. The molecule has 1 N–H and O–H groups in total. The molecule has 2 heterocycles. The molecule has 0 saturated carbocycles. The van der Waals surface area contributed by atoms with Crippen molar-refractivity contribution in [2.45, 2.75) is 17.5 Å². The number of carbonyl (C=O) groups is 1. The largest absolute Gasteiger partial charge is 0.497 e. The molecule has 2 aromatic heterocycles. The normalized spacial score (nSPS) is 10.7. The van der Waals surface area contributed by atoms with Crippen LogP contribution in [0.1, 0.15) is 5.69 Å². The third kappa shape index (κ3) is 5.18. The maximum Gasteiger partial charge on any atom is 0.323 e. The number of ether oxygens (including phenoxy) is 2. The van der Waals surface area contributed by atoms with Crippen LogP contribution in [0.25, 0.3) is 22.5 Å². The van der Waals surface area contributed by atoms with Crippen molar-refractivity contribution in [1.82, 2.24) is 14.5 Å². The van der Waals surface area contributed by atoms with Crippen molar-refractivity contribution in [2.24, 2.45) is 0 Å². The molecule has 0 spiro atoms. The Morgan fingerprint density at radius 3 is 2.12 bits per heavy atom. The van der Waals surface area contributed by atoms with Gasteiger partial charge in [-0.25, -0.2) is 4.98 Å². The Balaban J connectivity index is 1.84. The number of hydrogen-bond donors (Lipinski definition) is 1. The van der Waals surface area contributed by atoms with Gasteiger partial charge in [-0.2, -0.15) is 0 Å². The highest BCUT2D eigenvalue weighted by Gasteiger charge is 2.22. The molecule has 33 heavy (non-hydrogen) atoms. The number of imidazole rings is 1. The van der Waals surface area contributed by atoms with E-state index in [1.165, 1.54) is 11.8 Å². The Kier molecular flexibility index (Phi) is 6.95. The van der Waals surface area contributed by atoms with Gasteiger partial charge in [-0.15, -0.1) is 0 Å². The number of carboxylic acids is 1. The molecule has 0 bridgehead atoms. The van der Waals surface area contributed by atoms with E-state index in [0.29, 0.717) is 16.6 Å². The highest BCUT2D eigenvalue weighted by Crippen LogP contribution is 2.37. The summed E-state index contributed by atoms with van der Waals surface area (Å²) in [7, 11) is 3.23. The van der Waals surface area contributed by atoms with Crippen LogP contribution in [-0.4, -0.2) is 39.8 Å². The van der Waals surface area contributed by atoms with E-state index < -0.39 is 5.97 Å². The van der Waals surface area contributed by atoms with E-state index in [1.54, 1.807) is 25.0 Å². The average Bonchev–Trinajstić information content (AvgIpc) is 3.20. The number of rotatable bonds is 9. The fraction of sp³-hybridized carbons (Fsp3) is 0.160. The molecule has 0 aliphatic rings. The fourth-order valence-electron chi connectivity index (χ4n) is 3.44. The van der Waals surface area contributed by atoms with E-state index in [9.17, 15) is 9.90 Å². The molecule has 0 unspecified atom stereocenters. The topological polar surface area (TPSA) is 86.5 Å². The molecular weight excluding hydrogens is 438 g/mol. The van der Waals surface area contributed by atoms with Crippen LogP contribution in [0.15, 0.2) is 78.1 Å². The number of benzene rings is 2. The number of hydrogen-bond acceptors (Lipinski definition) is 6. The van der Waals surface area contributed by atoms with Crippen LogP contribution in [-0.2, 0) is 17.1 Å². The minimum Gasteiger partial charge on any atom is -0.497 e. The van der Waals surface area contributed by atoms with E-state index in [4.69, 9.17) is 14.5 Å². The van der Waals surface area contributed by atoms with Gasteiger partial charge in [0.25, 0.3) is 0 Å². The van der Waals surface area contributed by atoms with Gasteiger partial charge in [0, 0.05) is 23.1 Å². The number of pyridine rings is 1. The van der Waals surface area contributed by atoms with Crippen LogP contribution in [0.4, 0.5) is 0 Å². The highest BCUT2D eigenvalue weighted by molar-refractivity contribution is 7.98. The summed E-state index contributed by atoms with van der Waals surface area (Å²) < 4.78 is 12.3. The third-order valence-electron chi connectivity index (χ3n) is 5.03. The van der Waals surface area contributed by atoms with E-state index in [-0.39, 0.29) is 6.54 Å². The van der Waals surface area contributed by atoms with Gasteiger partial charge in [0.05, 0.1) is 31.3 Å². The third-order valence-corrected chi connectivity index (χ3v) is 6.04. The van der Waals surface area contributed by atoms with Crippen LogP contribution < -0.4 is 9.47 Å². The zero-order chi connectivity index (χ0) is 23.2. The zero-order valence-corrected chi connectivity index (χ0v) is 19.1. The van der Waals surface area contributed by atoms with Crippen LogP contribution in [0.3, 0.4) is 0 Å². The lowest BCUT2D eigenvalue weighted by molar-refractivity contribution is -0.137. The Bertz CT molecular complexity index is 1220. The van der Waals surface area contributed by atoms with Gasteiger partial charge in [0.1, 0.15) is 18.0 Å². The minimum absolute atomic E-state index is 0.213. The van der Waals surface area contributed by atoms with E-state index in [0.717, 1.165) is 34.0 Å². The SMILES string of the molecule is COc1ccc(-c2nc(SCc3ccccn3)n(CC(=O)O)c2-c2ccc(OC)cc2)cc1. The van der Waals surface area contributed by atoms with Crippen molar-refractivity contribution in [3.05, 3.63) is 78.6 Å². The predicted octanol–water partition coefficient (Wildman–Crippen LogP) is 5.01. The molecule has 0 aliphatic heterocycles. The lowest BCUT2D eigenvalue weighted by Crippen LogP contribution is -2.11. The van der Waals surface area contributed by atoms with E-state index in [2.05, 4.69) is 4.98 Å². The summed E-state index contributed by atoms with van der Waals surface area (Å²) in [5, 5.41) is 10.3. The van der Waals surface area contributed by atoms with Crippen molar-refractivity contribution in [2.75, 3.05) is 14.2 Å². The second-order valence-corrected chi connectivity index (χ2v) is 8.08. The number of carboxylic acid groups (broad SMARTS) is 1. The van der Waals surface area contributed by atoms with Crippen molar-refractivity contribution in [1.29, 1.82) is 0 Å². The maximum absolute atomic E-state index is 11.8. The first-order chi connectivity index (χ1) is 16.1. The van der Waals surface area contributed by atoms with Gasteiger partial charge < -0.3 is 19.1 Å². The van der Waals surface area contributed by atoms with Gasteiger partial charge in [-0.05, 0) is 60.7 Å². The second kappa shape index (κ2) is 10.2. The summed E-state index contributed by atoms with van der Waals surface area (Å²) in [6, 6.07) is 20.8. The van der Waals surface area contributed by atoms with Crippen LogP contribution in [0.2, 0.25) is 0 Å². The summed E-state index contributed by atoms with van der Waals surface area (Å²) in [6.07, 6.45) is 1.74. The molecule has 7 nitrogen and oxygen atoms in total. The van der Waals surface area contributed by atoms with Gasteiger partial charge in [0.15, 0.2) is 5.16 Å². The average molecular weight is 462 g/mol. The Morgan fingerprint density at radius 2 is 1.58 bits per heavy atom. The zero-order valence-electron chi connectivity index (χ0n) is 18.3. The number of nitrogens with zero attached hydrogens (tertiary/aromatic N) is 3. The summed E-state index contributed by atoms with van der Waals surface area (Å²) in [5.74, 6) is 1.09. The molecule has 0 atom stereocenters. The smallest absolute Gasteiger partial charge is 0.323 e. The number of thioether (sulfide) groups is 1. The van der Waals surface area contributed by atoms with E-state index >= 15 is 0 Å². The first kappa shape index (κ1) is 22.4. The standard InChI is InChI=1S/C25H23N3O4S/c1-31-20-10-6-17(7-11-20)23-24(18-8-12-21(32-2)13-9-18)28(15-22(29)30)25(27-23)33-16-19-5-3-4-14-26-19/h3-14H,15-16H2,1-2H3,(H,29,30). The molecular formula is C25H23N3O4S. The van der Waals surface area contributed by atoms with Crippen molar-refractivity contribution >= 4 is 17.7 Å². The molecule has 4 rings (SSSR count). The lowest BCUT2D eigenvalue weighted by Gasteiger charge is -2.12.